The lowest BCUT2D eigenvalue weighted by molar-refractivity contribution is -0.144. The minimum Gasteiger partial charge on any atom is -0.479 e. The molecule has 0 spiro atoms. The predicted octanol–water partition coefficient (Wildman–Crippen LogP) is 1.87. The molecule has 0 radical (unpaired) electrons. The first-order valence-electron chi connectivity index (χ1n) is 5.03. The van der Waals surface area contributed by atoms with Crippen molar-refractivity contribution < 1.29 is 14.3 Å². The van der Waals surface area contributed by atoms with Crippen molar-refractivity contribution in [2.75, 3.05) is 0 Å². The number of carboxylic acids is 1. The van der Waals surface area contributed by atoms with Gasteiger partial charge >= 0.3 is 5.97 Å². The Morgan fingerprint density at radius 1 is 1.47 bits per heavy atom. The van der Waals surface area contributed by atoms with Gasteiger partial charge in [0, 0.05) is 18.0 Å². The Morgan fingerprint density at radius 3 is 2.71 bits per heavy atom. The first kappa shape index (κ1) is 11.3. The van der Waals surface area contributed by atoms with Gasteiger partial charge in [-0.2, -0.15) is 0 Å². The summed E-state index contributed by atoms with van der Waals surface area (Å²) in [6.45, 7) is 1.44. The maximum absolute atomic E-state index is 13.7. The van der Waals surface area contributed by atoms with Crippen LogP contribution in [-0.2, 0) is 10.3 Å². The fourth-order valence-electron chi connectivity index (χ4n) is 1.74. The minimum absolute atomic E-state index is 0.102. The van der Waals surface area contributed by atoms with Crippen LogP contribution in [-0.4, -0.2) is 20.6 Å². The molecule has 2 rings (SSSR count). The van der Waals surface area contributed by atoms with E-state index in [-0.39, 0.29) is 5.56 Å². The van der Waals surface area contributed by atoms with Crippen LogP contribution in [0.4, 0.5) is 4.39 Å². The van der Waals surface area contributed by atoms with E-state index in [1.54, 1.807) is 6.07 Å². The van der Waals surface area contributed by atoms with Crippen LogP contribution in [0.1, 0.15) is 12.5 Å². The second-order valence-corrected chi connectivity index (χ2v) is 3.83. The number of hydrogen-bond acceptors (Lipinski definition) is 2. The number of carbonyl (C=O) groups is 1. The van der Waals surface area contributed by atoms with Crippen molar-refractivity contribution in [1.29, 1.82) is 0 Å². The van der Waals surface area contributed by atoms with Crippen LogP contribution in [0.5, 0.6) is 0 Å². The highest BCUT2D eigenvalue weighted by molar-refractivity contribution is 5.80. The zero-order valence-corrected chi connectivity index (χ0v) is 9.17. The average Bonchev–Trinajstić information content (AvgIpc) is 2.82. The third kappa shape index (κ3) is 1.69. The highest BCUT2D eigenvalue weighted by Gasteiger charge is 2.39. The summed E-state index contributed by atoms with van der Waals surface area (Å²) in [5.41, 5.74) is -1.40. The number of aliphatic carboxylic acids is 1. The lowest BCUT2D eigenvalue weighted by Crippen LogP contribution is -2.40. The Balaban J connectivity index is 2.65. The highest BCUT2D eigenvalue weighted by Crippen LogP contribution is 2.28. The molecular weight excluding hydrogens is 223 g/mol. The summed E-state index contributed by atoms with van der Waals surface area (Å²) in [5.74, 6) is -1.69. The number of aromatic nitrogens is 2. The van der Waals surface area contributed by atoms with Crippen molar-refractivity contribution in [2.45, 2.75) is 12.5 Å². The Kier molecular flexibility index (Phi) is 2.67. The molecule has 0 bridgehead atoms. The van der Waals surface area contributed by atoms with Crippen LogP contribution in [0.2, 0.25) is 0 Å². The summed E-state index contributed by atoms with van der Waals surface area (Å²) in [5, 5.41) is 9.37. The summed E-state index contributed by atoms with van der Waals surface area (Å²) in [7, 11) is 0. The monoisotopic (exact) mass is 234 g/mol. The molecule has 0 saturated carbocycles. The van der Waals surface area contributed by atoms with Gasteiger partial charge in [-0.3, -0.25) is 0 Å². The van der Waals surface area contributed by atoms with Crippen molar-refractivity contribution >= 4 is 5.97 Å². The molecule has 1 unspecified atom stereocenters. The topological polar surface area (TPSA) is 55.1 Å². The third-order valence-electron chi connectivity index (χ3n) is 2.84. The quantitative estimate of drug-likeness (QED) is 0.882. The number of nitrogens with zero attached hydrogens (tertiary/aromatic N) is 2. The molecule has 1 atom stereocenters. The van der Waals surface area contributed by atoms with Crippen molar-refractivity contribution in [3.63, 3.8) is 0 Å². The predicted molar refractivity (Wildman–Crippen MR) is 59.0 cm³/mol. The first-order valence-corrected chi connectivity index (χ1v) is 5.03. The molecule has 2 aromatic rings. The maximum atomic E-state index is 13.7. The van der Waals surface area contributed by atoms with E-state index in [1.807, 2.05) is 0 Å². The zero-order chi connectivity index (χ0) is 12.5. The van der Waals surface area contributed by atoms with E-state index in [9.17, 15) is 14.3 Å². The normalized spacial score (nSPS) is 14.2. The number of carboxylic acid groups (broad SMARTS) is 1. The Hall–Kier alpha value is -2.17. The van der Waals surface area contributed by atoms with Crippen LogP contribution in [0.3, 0.4) is 0 Å². The van der Waals surface area contributed by atoms with Gasteiger partial charge in [-0.05, 0) is 13.0 Å². The Labute approximate surface area is 97.3 Å². The number of hydrogen-bond donors (Lipinski definition) is 1. The Bertz CT molecular complexity index is 539. The summed E-state index contributed by atoms with van der Waals surface area (Å²) in [4.78, 5) is 15.3. The number of halogens is 1. The molecule has 0 aliphatic carbocycles. The van der Waals surface area contributed by atoms with Gasteiger partial charge in [0.2, 0.25) is 0 Å². The van der Waals surface area contributed by atoms with E-state index in [0.29, 0.717) is 0 Å². The number of rotatable bonds is 3. The van der Waals surface area contributed by atoms with Gasteiger partial charge in [0.05, 0.1) is 6.33 Å². The van der Waals surface area contributed by atoms with E-state index >= 15 is 0 Å². The van der Waals surface area contributed by atoms with Gasteiger partial charge in [-0.25, -0.2) is 14.2 Å². The first-order chi connectivity index (χ1) is 8.06. The minimum atomic E-state index is -1.50. The molecule has 0 saturated heterocycles. The fraction of sp³-hybridized carbons (Fsp3) is 0.167. The number of benzene rings is 1. The van der Waals surface area contributed by atoms with Gasteiger partial charge in [-0.15, -0.1) is 0 Å². The maximum Gasteiger partial charge on any atom is 0.334 e. The molecule has 1 N–H and O–H groups in total. The lowest BCUT2D eigenvalue weighted by atomic mass is 9.91. The van der Waals surface area contributed by atoms with Gasteiger partial charge in [-0.1, -0.05) is 18.2 Å². The van der Waals surface area contributed by atoms with Gasteiger partial charge in [0.15, 0.2) is 5.54 Å². The molecule has 0 amide bonds. The summed E-state index contributed by atoms with van der Waals surface area (Å²) in [6, 6.07) is 5.84. The second-order valence-electron chi connectivity index (χ2n) is 3.83. The van der Waals surface area contributed by atoms with Crippen LogP contribution in [0, 0.1) is 5.82 Å². The van der Waals surface area contributed by atoms with Crippen molar-refractivity contribution in [2.24, 2.45) is 0 Å². The van der Waals surface area contributed by atoms with Gasteiger partial charge in [0.1, 0.15) is 5.82 Å². The molecule has 1 heterocycles. The van der Waals surface area contributed by atoms with Crippen molar-refractivity contribution in [3.05, 3.63) is 54.4 Å². The largest absolute Gasteiger partial charge is 0.479 e. The average molecular weight is 234 g/mol. The summed E-state index contributed by atoms with van der Waals surface area (Å²) >= 11 is 0. The number of imidazole rings is 1. The van der Waals surface area contributed by atoms with Crippen molar-refractivity contribution in [1.82, 2.24) is 9.55 Å². The molecule has 0 aliphatic heterocycles. The standard InChI is InChI=1S/C12H11FN2O2/c1-12(11(16)17,15-7-6-14-8-15)9-4-2-3-5-10(9)13/h2-8H,1H3,(H,16,17). The van der Waals surface area contributed by atoms with E-state index in [0.717, 1.165) is 0 Å². The molecule has 1 aromatic carbocycles. The zero-order valence-electron chi connectivity index (χ0n) is 9.17. The van der Waals surface area contributed by atoms with E-state index < -0.39 is 17.3 Å². The molecule has 0 aliphatic rings. The molecule has 4 nitrogen and oxygen atoms in total. The Morgan fingerprint density at radius 2 is 2.18 bits per heavy atom. The summed E-state index contributed by atoms with van der Waals surface area (Å²) in [6.07, 6.45) is 4.32. The highest BCUT2D eigenvalue weighted by atomic mass is 19.1. The van der Waals surface area contributed by atoms with Gasteiger partial charge < -0.3 is 9.67 Å². The third-order valence-corrected chi connectivity index (χ3v) is 2.84. The van der Waals surface area contributed by atoms with Crippen LogP contribution in [0.15, 0.2) is 43.0 Å². The van der Waals surface area contributed by atoms with Crippen molar-refractivity contribution in [3.8, 4) is 0 Å². The fourth-order valence-corrected chi connectivity index (χ4v) is 1.74. The molecule has 5 heteroatoms. The molecule has 88 valence electrons. The second kappa shape index (κ2) is 4.01. The van der Waals surface area contributed by atoms with E-state index in [1.165, 1.54) is 48.4 Å². The van der Waals surface area contributed by atoms with E-state index in [2.05, 4.69) is 4.98 Å². The van der Waals surface area contributed by atoms with Crippen LogP contribution < -0.4 is 0 Å². The lowest BCUT2D eigenvalue weighted by Gasteiger charge is -2.27. The van der Waals surface area contributed by atoms with Crippen LogP contribution >= 0.6 is 0 Å². The molecule has 17 heavy (non-hydrogen) atoms. The SMILES string of the molecule is CC(C(=O)O)(c1ccccc1F)n1ccnc1. The van der Waals surface area contributed by atoms with E-state index in [4.69, 9.17) is 0 Å². The molecular formula is C12H11FN2O2. The summed E-state index contributed by atoms with van der Waals surface area (Å²) < 4.78 is 15.1. The molecule has 1 aromatic heterocycles. The van der Waals surface area contributed by atoms with Gasteiger partial charge in [0.25, 0.3) is 0 Å². The molecule has 0 fully saturated rings. The van der Waals surface area contributed by atoms with Crippen LogP contribution in [0.25, 0.3) is 0 Å². The smallest absolute Gasteiger partial charge is 0.334 e.